The van der Waals surface area contributed by atoms with Crippen molar-refractivity contribution in [2.75, 3.05) is 25.9 Å². The molecule has 2 rings (SSSR count). The van der Waals surface area contributed by atoms with E-state index in [1.54, 1.807) is 0 Å². The number of nitrogen functional groups attached to an aromatic ring is 1. The smallest absolute Gasteiger partial charge is 0.340 e. The highest BCUT2D eigenvalue weighted by Gasteiger charge is 2.24. The van der Waals surface area contributed by atoms with Crippen LogP contribution >= 0.6 is 23.2 Å². The van der Waals surface area contributed by atoms with E-state index in [9.17, 15) is 14.4 Å². The molecule has 0 saturated heterocycles. The van der Waals surface area contributed by atoms with Crippen molar-refractivity contribution in [3.8, 4) is 0 Å². The monoisotopic (exact) mass is 373 g/mol. The Labute approximate surface area is 149 Å². The van der Waals surface area contributed by atoms with Crippen LogP contribution in [-0.2, 0) is 14.3 Å². The second-order valence-corrected chi connectivity index (χ2v) is 6.36. The molecule has 0 bridgehead atoms. The van der Waals surface area contributed by atoms with Crippen LogP contribution in [0.5, 0.6) is 0 Å². The quantitative estimate of drug-likeness (QED) is 0.580. The Bertz CT molecular complexity index is 677. The Morgan fingerprint density at radius 1 is 1.33 bits per heavy atom. The van der Waals surface area contributed by atoms with Crippen LogP contribution in [0.25, 0.3) is 0 Å². The summed E-state index contributed by atoms with van der Waals surface area (Å²) in [5, 5.41) is 3.11. The molecule has 7 nitrogen and oxygen atoms in total. The molecule has 0 aliphatic heterocycles. The number of hydrogen-bond donors (Lipinski definition) is 2. The third-order valence-electron chi connectivity index (χ3n) is 3.39. The first-order valence-electron chi connectivity index (χ1n) is 7.23. The molecule has 130 valence electrons. The highest BCUT2D eigenvalue weighted by Crippen LogP contribution is 2.28. The maximum absolute atomic E-state index is 12.0. The second-order valence-electron chi connectivity index (χ2n) is 5.52. The Morgan fingerprint density at radius 3 is 2.62 bits per heavy atom. The molecule has 1 saturated carbocycles. The number of hydrogen-bond acceptors (Lipinski definition) is 5. The van der Waals surface area contributed by atoms with Gasteiger partial charge in [-0.1, -0.05) is 23.2 Å². The zero-order chi connectivity index (χ0) is 17.9. The van der Waals surface area contributed by atoms with Crippen LogP contribution in [0, 0.1) is 0 Å². The Balaban J connectivity index is 1.86. The number of carbonyl (C=O) groups is 3. The molecule has 9 heteroatoms. The summed E-state index contributed by atoms with van der Waals surface area (Å²) in [5.41, 5.74) is 5.70. The van der Waals surface area contributed by atoms with E-state index in [-0.39, 0.29) is 39.8 Å². The summed E-state index contributed by atoms with van der Waals surface area (Å²) >= 11 is 11.7. The van der Waals surface area contributed by atoms with Crippen molar-refractivity contribution in [2.45, 2.75) is 18.9 Å². The van der Waals surface area contributed by atoms with Crippen LogP contribution in [0.15, 0.2) is 12.1 Å². The predicted octanol–water partition coefficient (Wildman–Crippen LogP) is 1.47. The van der Waals surface area contributed by atoms with Crippen LogP contribution in [-0.4, -0.2) is 48.9 Å². The van der Waals surface area contributed by atoms with Gasteiger partial charge in [0, 0.05) is 18.1 Å². The lowest BCUT2D eigenvalue weighted by atomic mass is 10.2. The van der Waals surface area contributed by atoms with Gasteiger partial charge >= 0.3 is 5.97 Å². The van der Waals surface area contributed by atoms with E-state index >= 15 is 0 Å². The van der Waals surface area contributed by atoms with E-state index in [1.807, 2.05) is 0 Å². The van der Waals surface area contributed by atoms with E-state index < -0.39 is 18.5 Å². The summed E-state index contributed by atoms with van der Waals surface area (Å²) in [5.74, 6) is -1.58. The molecule has 24 heavy (non-hydrogen) atoms. The van der Waals surface area contributed by atoms with Crippen molar-refractivity contribution in [3.63, 3.8) is 0 Å². The highest BCUT2D eigenvalue weighted by atomic mass is 35.5. The summed E-state index contributed by atoms with van der Waals surface area (Å²) in [6.45, 7) is -0.617. The fourth-order valence-corrected chi connectivity index (χ4v) is 2.37. The number of ether oxygens (including phenoxy) is 1. The lowest BCUT2D eigenvalue weighted by molar-refractivity contribution is -0.137. The maximum Gasteiger partial charge on any atom is 0.340 e. The zero-order valence-electron chi connectivity index (χ0n) is 13.0. The molecule has 1 aliphatic carbocycles. The molecule has 0 radical (unpaired) electrons. The Morgan fingerprint density at radius 2 is 2.00 bits per heavy atom. The fourth-order valence-electron chi connectivity index (χ4n) is 1.87. The number of likely N-dealkylation sites (N-methyl/N-ethyl adjacent to an activating group) is 1. The van der Waals surface area contributed by atoms with Gasteiger partial charge in [-0.3, -0.25) is 9.59 Å². The van der Waals surface area contributed by atoms with Crippen molar-refractivity contribution >= 4 is 46.7 Å². The minimum Gasteiger partial charge on any atom is -0.452 e. The minimum absolute atomic E-state index is 0.0190. The van der Waals surface area contributed by atoms with Gasteiger partial charge in [0.25, 0.3) is 5.91 Å². The van der Waals surface area contributed by atoms with Crippen LogP contribution in [0.2, 0.25) is 10.0 Å². The van der Waals surface area contributed by atoms with Gasteiger partial charge in [-0.2, -0.15) is 0 Å². The molecule has 0 heterocycles. The lowest BCUT2D eigenvalue weighted by Crippen LogP contribution is -2.40. The number of rotatable bonds is 6. The van der Waals surface area contributed by atoms with Crippen molar-refractivity contribution in [1.29, 1.82) is 0 Å². The van der Waals surface area contributed by atoms with Crippen LogP contribution in [0.4, 0.5) is 5.69 Å². The van der Waals surface area contributed by atoms with E-state index in [0.29, 0.717) is 0 Å². The summed E-state index contributed by atoms with van der Waals surface area (Å²) in [4.78, 5) is 36.7. The largest absolute Gasteiger partial charge is 0.452 e. The molecule has 0 atom stereocenters. The number of esters is 1. The van der Waals surface area contributed by atoms with E-state index in [0.717, 1.165) is 12.8 Å². The summed E-state index contributed by atoms with van der Waals surface area (Å²) in [6, 6.07) is 2.92. The average molecular weight is 374 g/mol. The van der Waals surface area contributed by atoms with Crippen LogP contribution < -0.4 is 11.1 Å². The van der Waals surface area contributed by atoms with Gasteiger partial charge in [0.15, 0.2) is 6.61 Å². The SMILES string of the molecule is CN(CC(=O)NC1CC1)C(=O)COC(=O)c1cc(Cl)cc(Cl)c1N. The standard InChI is InChI=1S/C15H17Cl2N3O4/c1-20(6-12(21)19-9-2-3-9)13(22)7-24-15(23)10-4-8(16)5-11(17)14(10)18/h4-5,9H,2-3,6-7,18H2,1H3,(H,19,21). The van der Waals surface area contributed by atoms with Crippen molar-refractivity contribution in [1.82, 2.24) is 10.2 Å². The third-order valence-corrected chi connectivity index (χ3v) is 3.92. The van der Waals surface area contributed by atoms with Crippen LogP contribution in [0.3, 0.4) is 0 Å². The van der Waals surface area contributed by atoms with Gasteiger partial charge in [0.05, 0.1) is 22.8 Å². The Hall–Kier alpha value is -1.99. The Kier molecular flexibility index (Phi) is 5.90. The summed E-state index contributed by atoms with van der Waals surface area (Å²) in [6.07, 6.45) is 1.93. The molecule has 0 aromatic heterocycles. The molecular formula is C15H17Cl2N3O4. The number of benzene rings is 1. The average Bonchev–Trinajstić information content (AvgIpc) is 3.31. The number of anilines is 1. The number of carbonyl (C=O) groups excluding carboxylic acids is 3. The second kappa shape index (κ2) is 7.72. The van der Waals surface area contributed by atoms with Crippen molar-refractivity contribution in [3.05, 3.63) is 27.7 Å². The number of amides is 2. The van der Waals surface area contributed by atoms with Gasteiger partial charge in [0.2, 0.25) is 5.91 Å². The first-order chi connectivity index (χ1) is 11.3. The van der Waals surface area contributed by atoms with Gasteiger partial charge in [-0.25, -0.2) is 4.79 Å². The molecule has 2 amide bonds. The number of nitrogens with two attached hydrogens (primary N) is 1. The first kappa shape index (κ1) is 18.4. The molecule has 1 aliphatic rings. The van der Waals surface area contributed by atoms with Gasteiger partial charge in [0.1, 0.15) is 0 Å². The van der Waals surface area contributed by atoms with Gasteiger partial charge in [-0.05, 0) is 25.0 Å². The number of nitrogens with zero attached hydrogens (tertiary/aromatic N) is 1. The molecule has 1 aromatic carbocycles. The highest BCUT2D eigenvalue weighted by molar-refractivity contribution is 6.37. The first-order valence-corrected chi connectivity index (χ1v) is 7.98. The van der Waals surface area contributed by atoms with Crippen molar-refractivity contribution in [2.24, 2.45) is 0 Å². The van der Waals surface area contributed by atoms with Gasteiger partial charge in [-0.15, -0.1) is 0 Å². The van der Waals surface area contributed by atoms with E-state index in [4.69, 9.17) is 33.7 Å². The number of halogens is 2. The lowest BCUT2D eigenvalue weighted by Gasteiger charge is -2.17. The topological polar surface area (TPSA) is 102 Å². The summed E-state index contributed by atoms with van der Waals surface area (Å²) < 4.78 is 4.92. The predicted molar refractivity (Wildman–Crippen MR) is 90.0 cm³/mol. The molecule has 1 fully saturated rings. The minimum atomic E-state index is -0.818. The zero-order valence-corrected chi connectivity index (χ0v) is 14.5. The normalized spacial score (nSPS) is 13.3. The molecular weight excluding hydrogens is 357 g/mol. The molecule has 1 aromatic rings. The van der Waals surface area contributed by atoms with Gasteiger partial charge < -0.3 is 20.7 Å². The number of nitrogens with one attached hydrogen (secondary N) is 1. The van der Waals surface area contributed by atoms with Crippen LogP contribution in [0.1, 0.15) is 23.2 Å². The van der Waals surface area contributed by atoms with Crippen molar-refractivity contribution < 1.29 is 19.1 Å². The third kappa shape index (κ3) is 5.01. The summed E-state index contributed by atoms with van der Waals surface area (Å²) in [7, 11) is 1.45. The molecule has 3 N–H and O–H groups in total. The van der Waals surface area contributed by atoms with E-state index in [1.165, 1.54) is 24.1 Å². The fraction of sp³-hybridized carbons (Fsp3) is 0.400. The van der Waals surface area contributed by atoms with E-state index in [2.05, 4.69) is 5.32 Å². The maximum atomic E-state index is 12.0. The molecule has 0 spiro atoms. The molecule has 0 unspecified atom stereocenters.